The van der Waals surface area contributed by atoms with Gasteiger partial charge in [-0.1, -0.05) is 17.7 Å². The second-order valence-electron chi connectivity index (χ2n) is 4.66. The lowest BCUT2D eigenvalue weighted by molar-refractivity contribution is -0.112. The Morgan fingerprint density at radius 3 is 2.59 bits per heavy atom. The summed E-state index contributed by atoms with van der Waals surface area (Å²) in [5.74, 6) is 0.137. The number of hydrogen-bond donors (Lipinski definition) is 3. The molecule has 0 fully saturated rings. The number of hydrogen-bond acceptors (Lipinski definition) is 5. The van der Waals surface area contributed by atoms with Crippen molar-refractivity contribution in [3.63, 3.8) is 0 Å². The standard InChI is InChI=1S/C16H17N3O2S/c1-10-3-5-11(6-4-10)19-16(20)15(22)14(17)12-9-18-8-7-13(12)21-2/h3-9,22H,17H2,1-2H3,(H,19,20)/b15-14+. The van der Waals surface area contributed by atoms with E-state index in [0.29, 0.717) is 17.0 Å². The van der Waals surface area contributed by atoms with E-state index in [4.69, 9.17) is 10.5 Å². The van der Waals surface area contributed by atoms with E-state index >= 15 is 0 Å². The maximum atomic E-state index is 12.2. The van der Waals surface area contributed by atoms with Crippen molar-refractivity contribution in [1.29, 1.82) is 0 Å². The Morgan fingerprint density at radius 2 is 1.95 bits per heavy atom. The number of nitrogens with one attached hydrogen (secondary N) is 1. The zero-order valence-electron chi connectivity index (χ0n) is 12.3. The summed E-state index contributed by atoms with van der Waals surface area (Å²) >= 11 is 4.23. The molecule has 0 aliphatic carbocycles. The fraction of sp³-hybridized carbons (Fsp3) is 0.125. The molecule has 0 saturated carbocycles. The molecule has 0 aliphatic heterocycles. The summed E-state index contributed by atoms with van der Waals surface area (Å²) in [6.45, 7) is 1.97. The molecule has 22 heavy (non-hydrogen) atoms. The summed E-state index contributed by atoms with van der Waals surface area (Å²) in [6, 6.07) is 9.11. The molecule has 0 bridgehead atoms. The van der Waals surface area contributed by atoms with Crippen LogP contribution < -0.4 is 15.8 Å². The number of thiol groups is 1. The lowest BCUT2D eigenvalue weighted by Gasteiger charge is -2.11. The SMILES string of the molecule is COc1ccncc1/C(N)=C(\S)C(=O)Nc1ccc(C)cc1. The number of benzene rings is 1. The van der Waals surface area contributed by atoms with Crippen molar-refractivity contribution in [2.24, 2.45) is 5.73 Å². The minimum Gasteiger partial charge on any atom is -0.496 e. The Morgan fingerprint density at radius 1 is 1.27 bits per heavy atom. The first-order valence-electron chi connectivity index (χ1n) is 6.58. The summed E-state index contributed by atoms with van der Waals surface area (Å²) in [5, 5.41) is 2.74. The van der Waals surface area contributed by atoms with Crippen LogP contribution in [0.2, 0.25) is 0 Å². The molecule has 3 N–H and O–H groups in total. The van der Waals surface area contributed by atoms with Gasteiger partial charge in [0.25, 0.3) is 5.91 Å². The Bertz CT molecular complexity index is 712. The molecule has 1 aromatic carbocycles. The molecule has 0 atom stereocenters. The average Bonchev–Trinajstić information content (AvgIpc) is 2.55. The van der Waals surface area contributed by atoms with Gasteiger partial charge in [0, 0.05) is 18.1 Å². The van der Waals surface area contributed by atoms with Crippen LogP contribution in [0.15, 0.2) is 47.6 Å². The number of methoxy groups -OCH3 is 1. The first kappa shape index (κ1) is 15.9. The highest BCUT2D eigenvalue weighted by Crippen LogP contribution is 2.25. The molecule has 114 valence electrons. The average molecular weight is 315 g/mol. The number of ether oxygens (including phenoxy) is 1. The lowest BCUT2D eigenvalue weighted by Crippen LogP contribution is -2.15. The van der Waals surface area contributed by atoms with Crippen LogP contribution in [0.4, 0.5) is 5.69 Å². The third kappa shape index (κ3) is 3.59. The number of anilines is 1. The van der Waals surface area contributed by atoms with Gasteiger partial charge in [0.05, 0.1) is 23.3 Å². The van der Waals surface area contributed by atoms with Crippen LogP contribution >= 0.6 is 12.6 Å². The van der Waals surface area contributed by atoms with Gasteiger partial charge in [-0.05, 0) is 25.1 Å². The molecule has 0 radical (unpaired) electrons. The van der Waals surface area contributed by atoms with Gasteiger partial charge in [-0.15, -0.1) is 12.6 Å². The van der Waals surface area contributed by atoms with Crippen molar-refractivity contribution in [2.75, 3.05) is 12.4 Å². The van der Waals surface area contributed by atoms with E-state index in [0.717, 1.165) is 5.56 Å². The number of amides is 1. The molecule has 1 heterocycles. The summed E-state index contributed by atoms with van der Waals surface area (Å²) < 4.78 is 5.21. The molecule has 5 nitrogen and oxygen atoms in total. The third-order valence-electron chi connectivity index (χ3n) is 3.07. The molecular weight excluding hydrogens is 298 g/mol. The van der Waals surface area contributed by atoms with Crippen molar-refractivity contribution in [3.05, 3.63) is 58.8 Å². The van der Waals surface area contributed by atoms with Crippen LogP contribution in [-0.4, -0.2) is 18.0 Å². The molecule has 0 spiro atoms. The minimum atomic E-state index is -0.393. The molecule has 0 aliphatic rings. The van der Waals surface area contributed by atoms with Crippen molar-refractivity contribution in [2.45, 2.75) is 6.92 Å². The summed E-state index contributed by atoms with van der Waals surface area (Å²) in [7, 11) is 1.52. The predicted molar refractivity (Wildman–Crippen MR) is 90.7 cm³/mol. The number of nitrogens with zero attached hydrogens (tertiary/aromatic N) is 1. The van der Waals surface area contributed by atoms with E-state index < -0.39 is 5.91 Å². The first-order chi connectivity index (χ1) is 10.5. The maximum Gasteiger partial charge on any atom is 0.263 e. The van der Waals surface area contributed by atoms with Gasteiger partial charge in [0.2, 0.25) is 0 Å². The van der Waals surface area contributed by atoms with Crippen LogP contribution in [-0.2, 0) is 4.79 Å². The Labute approximate surface area is 134 Å². The fourth-order valence-electron chi connectivity index (χ4n) is 1.84. The lowest BCUT2D eigenvalue weighted by atomic mass is 10.2. The Kier molecular flexibility index (Phi) is 5.06. The predicted octanol–water partition coefficient (Wildman–Crippen LogP) is 2.59. The van der Waals surface area contributed by atoms with Crippen LogP contribution in [0.1, 0.15) is 11.1 Å². The highest BCUT2D eigenvalue weighted by Gasteiger charge is 2.14. The normalized spacial score (nSPS) is 11.6. The van der Waals surface area contributed by atoms with Gasteiger partial charge in [-0.2, -0.15) is 0 Å². The van der Waals surface area contributed by atoms with Crippen LogP contribution in [0.25, 0.3) is 5.70 Å². The Hall–Kier alpha value is -2.47. The van der Waals surface area contributed by atoms with Crippen molar-refractivity contribution < 1.29 is 9.53 Å². The molecule has 1 amide bonds. The van der Waals surface area contributed by atoms with E-state index in [1.165, 1.54) is 13.3 Å². The first-order valence-corrected chi connectivity index (χ1v) is 7.02. The second-order valence-corrected chi connectivity index (χ2v) is 5.11. The highest BCUT2D eigenvalue weighted by atomic mass is 32.1. The van der Waals surface area contributed by atoms with Crippen LogP contribution in [0.3, 0.4) is 0 Å². The number of pyridine rings is 1. The molecule has 0 unspecified atom stereocenters. The zero-order valence-corrected chi connectivity index (χ0v) is 13.2. The molecule has 6 heteroatoms. The number of rotatable bonds is 4. The van der Waals surface area contributed by atoms with Crippen molar-refractivity contribution in [3.8, 4) is 5.75 Å². The van der Waals surface area contributed by atoms with E-state index in [2.05, 4.69) is 22.9 Å². The van der Waals surface area contributed by atoms with Crippen LogP contribution in [0, 0.1) is 6.92 Å². The number of carbonyl (C=O) groups excluding carboxylic acids is 1. The second kappa shape index (κ2) is 7.00. The van der Waals surface area contributed by atoms with Gasteiger partial charge >= 0.3 is 0 Å². The monoisotopic (exact) mass is 315 g/mol. The summed E-state index contributed by atoms with van der Waals surface area (Å²) in [6.07, 6.45) is 3.11. The quantitative estimate of drug-likeness (QED) is 0.599. The van der Waals surface area contributed by atoms with Crippen molar-refractivity contribution in [1.82, 2.24) is 4.98 Å². The van der Waals surface area contributed by atoms with Gasteiger partial charge in [0.15, 0.2) is 0 Å². The van der Waals surface area contributed by atoms with Gasteiger partial charge < -0.3 is 15.8 Å². The van der Waals surface area contributed by atoms with Gasteiger partial charge in [0.1, 0.15) is 5.75 Å². The zero-order chi connectivity index (χ0) is 16.1. The smallest absolute Gasteiger partial charge is 0.263 e. The van der Waals surface area contributed by atoms with Crippen LogP contribution in [0.5, 0.6) is 5.75 Å². The fourth-order valence-corrected chi connectivity index (χ4v) is 2.02. The third-order valence-corrected chi connectivity index (χ3v) is 3.51. The number of aromatic nitrogens is 1. The highest BCUT2D eigenvalue weighted by molar-refractivity contribution is 7.86. The summed E-state index contributed by atoms with van der Waals surface area (Å²) in [5.41, 5.74) is 8.53. The molecule has 2 rings (SSSR count). The Balaban J connectivity index is 2.26. The molecule has 2 aromatic rings. The maximum absolute atomic E-state index is 12.2. The molecule has 0 saturated heterocycles. The van der Waals surface area contributed by atoms with E-state index in [1.54, 1.807) is 12.3 Å². The number of nitrogens with two attached hydrogens (primary N) is 1. The van der Waals surface area contributed by atoms with E-state index in [9.17, 15) is 4.79 Å². The number of aryl methyl sites for hydroxylation is 1. The number of carbonyl (C=O) groups is 1. The van der Waals surface area contributed by atoms with Gasteiger partial charge in [-0.3, -0.25) is 9.78 Å². The van der Waals surface area contributed by atoms with Gasteiger partial charge in [-0.25, -0.2) is 0 Å². The molecule has 1 aromatic heterocycles. The van der Waals surface area contributed by atoms with E-state index in [-0.39, 0.29) is 10.6 Å². The van der Waals surface area contributed by atoms with E-state index in [1.807, 2.05) is 31.2 Å². The largest absolute Gasteiger partial charge is 0.496 e. The summed E-state index contributed by atoms with van der Waals surface area (Å²) in [4.78, 5) is 16.3. The minimum absolute atomic E-state index is 0.104. The molecular formula is C16H17N3O2S. The van der Waals surface area contributed by atoms with Crippen molar-refractivity contribution >= 4 is 29.9 Å². The topological polar surface area (TPSA) is 77.2 Å².